The maximum atomic E-state index is 15.0. The lowest BCUT2D eigenvalue weighted by atomic mass is 9.87. The minimum atomic E-state index is -0.930. The first-order valence-electron chi connectivity index (χ1n) is 9.28. The molecule has 6 nitrogen and oxygen atoms in total. The van der Waals surface area contributed by atoms with Crippen molar-refractivity contribution in [1.82, 2.24) is 9.47 Å². The number of piperazine rings is 1. The van der Waals surface area contributed by atoms with Gasteiger partial charge in [-0.2, -0.15) is 0 Å². The van der Waals surface area contributed by atoms with E-state index in [9.17, 15) is 18.4 Å². The number of likely N-dealkylation sites (N-methyl/N-ethyl adjacent to an activating group) is 2. The molecule has 2 aliphatic heterocycles. The van der Waals surface area contributed by atoms with Crippen LogP contribution in [0.15, 0.2) is 10.9 Å². The molecule has 2 aromatic rings. The number of aryl methyl sites for hydroxylation is 1. The molecule has 1 saturated heterocycles. The first-order valence-corrected chi connectivity index (χ1v) is 9.28. The van der Waals surface area contributed by atoms with E-state index in [1.165, 1.54) is 29.5 Å². The quantitative estimate of drug-likeness (QED) is 0.691. The molecule has 1 amide bonds. The molecule has 2 aliphatic rings. The van der Waals surface area contributed by atoms with Gasteiger partial charge in [0, 0.05) is 44.2 Å². The highest BCUT2D eigenvalue weighted by molar-refractivity contribution is 6.13. The largest absolute Gasteiger partial charge is 0.352 e. The molecule has 2 unspecified atom stereocenters. The molecule has 4 rings (SSSR count). The SMILES string of the molecule is Cc1c(F)cc2c3c(c(=O)n(C)c2c1F)N(C)C(=O)C1(C)CN(C)C(C)CN31. The van der Waals surface area contributed by atoms with Gasteiger partial charge in [0.15, 0.2) is 5.82 Å². The molecule has 1 fully saturated rings. The summed E-state index contributed by atoms with van der Waals surface area (Å²) in [5.74, 6) is -1.63. The smallest absolute Gasteiger partial charge is 0.277 e. The summed E-state index contributed by atoms with van der Waals surface area (Å²) in [7, 11) is 4.95. The van der Waals surface area contributed by atoms with Gasteiger partial charge in [0.05, 0.1) is 11.2 Å². The van der Waals surface area contributed by atoms with E-state index >= 15 is 0 Å². The number of hydrogen-bond acceptors (Lipinski definition) is 4. The van der Waals surface area contributed by atoms with Gasteiger partial charge in [-0.3, -0.25) is 14.5 Å². The van der Waals surface area contributed by atoms with Crippen molar-refractivity contribution < 1.29 is 13.6 Å². The molecular formula is C20H24F2N4O2. The standard InChI is InChI=1S/C20H24F2N4O2/c1-10-8-26-16-12-7-13(21)11(2)14(22)15(12)24(5)18(27)17(16)25(6)19(28)20(26,3)9-23(10)4/h7,10H,8-9H2,1-6H3. The van der Waals surface area contributed by atoms with Crippen LogP contribution >= 0.6 is 0 Å². The molecule has 0 saturated carbocycles. The minimum absolute atomic E-state index is 0.0549. The van der Waals surface area contributed by atoms with Crippen molar-refractivity contribution >= 4 is 28.2 Å². The fraction of sp³-hybridized carbons (Fsp3) is 0.500. The van der Waals surface area contributed by atoms with Gasteiger partial charge in [-0.25, -0.2) is 8.78 Å². The molecule has 150 valence electrons. The number of pyridine rings is 1. The fourth-order valence-corrected chi connectivity index (χ4v) is 4.59. The molecule has 0 bridgehead atoms. The Hall–Kier alpha value is -2.48. The summed E-state index contributed by atoms with van der Waals surface area (Å²) >= 11 is 0. The van der Waals surface area contributed by atoms with Crippen LogP contribution in [0.1, 0.15) is 19.4 Å². The monoisotopic (exact) mass is 390 g/mol. The molecule has 0 radical (unpaired) electrons. The third kappa shape index (κ3) is 2.15. The van der Waals surface area contributed by atoms with Gasteiger partial charge >= 0.3 is 0 Å². The number of benzene rings is 1. The first kappa shape index (κ1) is 18.9. The number of anilines is 2. The number of fused-ring (bicyclic) bond motifs is 5. The number of carbonyl (C=O) groups is 1. The Bertz CT molecular complexity index is 1100. The molecule has 1 aromatic carbocycles. The van der Waals surface area contributed by atoms with Gasteiger partial charge in [0.2, 0.25) is 0 Å². The van der Waals surface area contributed by atoms with Crippen LogP contribution in [0.25, 0.3) is 10.9 Å². The van der Waals surface area contributed by atoms with Crippen LogP contribution in [0.2, 0.25) is 0 Å². The molecule has 2 atom stereocenters. The Morgan fingerprint density at radius 3 is 2.43 bits per heavy atom. The maximum Gasteiger partial charge on any atom is 0.277 e. The zero-order valence-corrected chi connectivity index (χ0v) is 16.9. The first-order chi connectivity index (χ1) is 13.0. The van der Waals surface area contributed by atoms with Crippen LogP contribution in [0, 0.1) is 18.6 Å². The summed E-state index contributed by atoms with van der Waals surface area (Å²) in [5, 5.41) is 0.306. The Morgan fingerprint density at radius 1 is 1.14 bits per heavy atom. The highest BCUT2D eigenvalue weighted by Gasteiger charge is 2.52. The van der Waals surface area contributed by atoms with E-state index in [1.807, 2.05) is 25.8 Å². The van der Waals surface area contributed by atoms with Crippen LogP contribution in [0.5, 0.6) is 0 Å². The van der Waals surface area contributed by atoms with Crippen LogP contribution in [0.3, 0.4) is 0 Å². The second kappa shape index (κ2) is 5.76. The predicted molar refractivity (Wildman–Crippen MR) is 105 cm³/mol. The third-order valence-corrected chi connectivity index (χ3v) is 6.47. The number of amides is 1. The van der Waals surface area contributed by atoms with Crippen LogP contribution in [-0.4, -0.2) is 54.1 Å². The number of aromatic nitrogens is 1. The average molecular weight is 390 g/mol. The van der Waals surface area contributed by atoms with E-state index in [0.717, 1.165) is 0 Å². The summed E-state index contributed by atoms with van der Waals surface area (Å²) < 4.78 is 30.7. The number of carbonyl (C=O) groups excluding carboxylic acids is 1. The summed E-state index contributed by atoms with van der Waals surface area (Å²) in [4.78, 5) is 31.7. The number of hydrogen-bond donors (Lipinski definition) is 0. The van der Waals surface area contributed by atoms with E-state index in [0.29, 0.717) is 24.2 Å². The molecule has 8 heteroatoms. The number of rotatable bonds is 0. The van der Waals surface area contributed by atoms with Crippen molar-refractivity contribution in [2.45, 2.75) is 32.4 Å². The van der Waals surface area contributed by atoms with Gasteiger partial charge < -0.3 is 14.4 Å². The van der Waals surface area contributed by atoms with Crippen molar-refractivity contribution in [3.63, 3.8) is 0 Å². The van der Waals surface area contributed by atoms with Gasteiger partial charge in [-0.1, -0.05) is 0 Å². The topological polar surface area (TPSA) is 48.8 Å². The lowest BCUT2D eigenvalue weighted by molar-refractivity contribution is -0.125. The molecule has 0 spiro atoms. The summed E-state index contributed by atoms with van der Waals surface area (Å²) in [6.07, 6.45) is 0. The molecular weight excluding hydrogens is 366 g/mol. The Kier molecular flexibility index (Phi) is 3.88. The van der Waals surface area contributed by atoms with Crippen molar-refractivity contribution in [3.8, 4) is 0 Å². The van der Waals surface area contributed by atoms with E-state index in [-0.39, 0.29) is 28.7 Å². The van der Waals surface area contributed by atoms with Crippen LogP contribution < -0.4 is 15.4 Å². The number of nitrogens with zero attached hydrogens (tertiary/aromatic N) is 4. The van der Waals surface area contributed by atoms with E-state index in [1.54, 1.807) is 7.05 Å². The molecule has 0 aliphatic carbocycles. The maximum absolute atomic E-state index is 15.0. The van der Waals surface area contributed by atoms with Crippen molar-refractivity contribution in [2.24, 2.45) is 7.05 Å². The van der Waals surface area contributed by atoms with Crippen molar-refractivity contribution in [3.05, 3.63) is 33.6 Å². The summed E-state index contributed by atoms with van der Waals surface area (Å²) in [5.41, 5.74) is -0.883. The van der Waals surface area contributed by atoms with E-state index < -0.39 is 22.7 Å². The van der Waals surface area contributed by atoms with Gasteiger partial charge in [0.1, 0.15) is 17.0 Å². The Labute approximate surface area is 161 Å². The lowest BCUT2D eigenvalue weighted by Crippen LogP contribution is -2.71. The minimum Gasteiger partial charge on any atom is -0.352 e. The highest BCUT2D eigenvalue weighted by Crippen LogP contribution is 2.45. The van der Waals surface area contributed by atoms with Crippen LogP contribution in [0.4, 0.5) is 20.2 Å². The Balaban J connectivity index is 2.18. The average Bonchev–Trinajstić information content (AvgIpc) is 2.63. The molecule has 28 heavy (non-hydrogen) atoms. The second-order valence-electron chi connectivity index (χ2n) is 8.27. The normalized spacial score (nSPS) is 25.3. The second-order valence-corrected chi connectivity index (χ2v) is 8.27. The zero-order valence-electron chi connectivity index (χ0n) is 16.9. The van der Waals surface area contributed by atoms with Gasteiger partial charge in [-0.15, -0.1) is 0 Å². The third-order valence-electron chi connectivity index (χ3n) is 6.47. The van der Waals surface area contributed by atoms with E-state index in [4.69, 9.17) is 0 Å². The van der Waals surface area contributed by atoms with Crippen molar-refractivity contribution in [1.29, 1.82) is 0 Å². The van der Waals surface area contributed by atoms with Gasteiger partial charge in [-0.05, 0) is 33.9 Å². The predicted octanol–water partition coefficient (Wildman–Crippen LogP) is 2.00. The fourth-order valence-electron chi connectivity index (χ4n) is 4.59. The molecule has 0 N–H and O–H groups in total. The van der Waals surface area contributed by atoms with Gasteiger partial charge in [0.25, 0.3) is 11.5 Å². The molecule has 3 heterocycles. The summed E-state index contributed by atoms with van der Waals surface area (Å²) in [6, 6.07) is 1.38. The zero-order chi connectivity index (χ0) is 20.7. The van der Waals surface area contributed by atoms with E-state index in [2.05, 4.69) is 4.90 Å². The van der Waals surface area contributed by atoms with Crippen LogP contribution in [-0.2, 0) is 11.8 Å². The Morgan fingerprint density at radius 2 is 1.79 bits per heavy atom. The number of halogens is 2. The van der Waals surface area contributed by atoms with Crippen molar-refractivity contribution in [2.75, 3.05) is 37.0 Å². The lowest BCUT2D eigenvalue weighted by Gasteiger charge is -2.55. The molecule has 1 aromatic heterocycles. The summed E-state index contributed by atoms with van der Waals surface area (Å²) in [6.45, 7) is 6.12. The highest BCUT2D eigenvalue weighted by atomic mass is 19.1.